The number of aldehydes is 1. The maximum absolute atomic E-state index is 10.7. The number of fused-ring (bicyclic) bond motifs is 1. The summed E-state index contributed by atoms with van der Waals surface area (Å²) in [5, 5.41) is 9.22. The Labute approximate surface area is 122 Å². The van der Waals surface area contributed by atoms with E-state index in [1.807, 2.05) is 24.3 Å². The highest BCUT2D eigenvalue weighted by Gasteiger charge is 2.10. The van der Waals surface area contributed by atoms with Gasteiger partial charge in [-0.1, -0.05) is 17.9 Å². The third-order valence-electron chi connectivity index (χ3n) is 3.12. The molecule has 0 saturated heterocycles. The maximum atomic E-state index is 10.7. The molecular formula is C18H12O3. The van der Waals surface area contributed by atoms with Crippen LogP contribution in [0.15, 0.2) is 48.0 Å². The zero-order valence-corrected chi connectivity index (χ0v) is 11.2. The highest BCUT2D eigenvalue weighted by atomic mass is 16.5. The minimum Gasteiger partial charge on any atom is -0.508 e. The van der Waals surface area contributed by atoms with E-state index in [1.165, 1.54) is 0 Å². The molecule has 102 valence electrons. The second-order valence-corrected chi connectivity index (χ2v) is 4.68. The topological polar surface area (TPSA) is 46.5 Å². The number of phenolic OH excluding ortho intramolecular Hbond substituents is 1. The van der Waals surface area contributed by atoms with E-state index < -0.39 is 0 Å². The molecular weight excluding hydrogens is 264 g/mol. The Bertz CT molecular complexity index is 774. The van der Waals surface area contributed by atoms with Crippen LogP contribution < -0.4 is 4.74 Å². The van der Waals surface area contributed by atoms with Crippen LogP contribution in [0.1, 0.15) is 16.7 Å². The molecule has 21 heavy (non-hydrogen) atoms. The molecule has 1 aliphatic rings. The van der Waals surface area contributed by atoms with Crippen molar-refractivity contribution in [3.8, 4) is 23.3 Å². The summed E-state index contributed by atoms with van der Waals surface area (Å²) in [5.74, 6) is 7.04. The summed E-state index contributed by atoms with van der Waals surface area (Å²) >= 11 is 0. The van der Waals surface area contributed by atoms with Crippen molar-refractivity contribution in [3.63, 3.8) is 0 Å². The van der Waals surface area contributed by atoms with Crippen LogP contribution in [0, 0.1) is 11.8 Å². The highest BCUT2D eigenvalue weighted by molar-refractivity contribution is 5.84. The Hall–Kier alpha value is -2.99. The fraction of sp³-hybridized carbons (Fsp3) is 0.0556. The quantitative estimate of drug-likeness (QED) is 0.643. The smallest absolute Gasteiger partial charge is 0.149 e. The first-order chi connectivity index (χ1) is 10.2. The summed E-state index contributed by atoms with van der Waals surface area (Å²) in [4.78, 5) is 10.7. The number of benzene rings is 2. The van der Waals surface area contributed by atoms with Crippen molar-refractivity contribution in [2.75, 3.05) is 6.61 Å². The van der Waals surface area contributed by atoms with Gasteiger partial charge in [-0.05, 0) is 42.5 Å². The monoisotopic (exact) mass is 276 g/mol. The predicted octanol–water partition coefficient (Wildman–Crippen LogP) is 2.77. The Balaban J connectivity index is 1.87. The van der Waals surface area contributed by atoms with E-state index in [0.29, 0.717) is 12.2 Å². The molecule has 0 atom stereocenters. The van der Waals surface area contributed by atoms with Gasteiger partial charge < -0.3 is 9.84 Å². The van der Waals surface area contributed by atoms with Gasteiger partial charge in [0, 0.05) is 22.3 Å². The van der Waals surface area contributed by atoms with E-state index >= 15 is 0 Å². The van der Waals surface area contributed by atoms with Crippen molar-refractivity contribution in [2.24, 2.45) is 0 Å². The van der Waals surface area contributed by atoms with Crippen LogP contribution in [-0.4, -0.2) is 18.0 Å². The molecule has 1 N–H and O–H groups in total. The average Bonchev–Trinajstić information content (AvgIpc) is 2.53. The lowest BCUT2D eigenvalue weighted by Crippen LogP contribution is -2.08. The van der Waals surface area contributed by atoms with Gasteiger partial charge in [-0.15, -0.1) is 0 Å². The predicted molar refractivity (Wildman–Crippen MR) is 80.1 cm³/mol. The maximum Gasteiger partial charge on any atom is 0.149 e. The lowest BCUT2D eigenvalue weighted by molar-refractivity contribution is -0.105. The Morgan fingerprint density at radius 1 is 1.05 bits per heavy atom. The second-order valence-electron chi connectivity index (χ2n) is 4.68. The van der Waals surface area contributed by atoms with E-state index in [1.54, 1.807) is 24.3 Å². The van der Waals surface area contributed by atoms with Gasteiger partial charge in [0.15, 0.2) is 0 Å². The first kappa shape index (κ1) is 13.0. The molecule has 0 amide bonds. The molecule has 0 saturated carbocycles. The normalized spacial score (nSPS) is 12.3. The lowest BCUT2D eigenvalue weighted by Gasteiger charge is -2.14. The number of ether oxygens (including phenoxy) is 1. The fourth-order valence-electron chi connectivity index (χ4n) is 2.02. The van der Waals surface area contributed by atoms with Crippen LogP contribution in [0.4, 0.5) is 0 Å². The van der Waals surface area contributed by atoms with Crippen LogP contribution in [0.25, 0.3) is 6.08 Å². The summed E-state index contributed by atoms with van der Waals surface area (Å²) < 4.78 is 5.54. The van der Waals surface area contributed by atoms with Gasteiger partial charge in [0.25, 0.3) is 0 Å². The van der Waals surface area contributed by atoms with Crippen LogP contribution in [0.3, 0.4) is 0 Å². The Morgan fingerprint density at radius 2 is 1.76 bits per heavy atom. The Morgan fingerprint density at radius 3 is 2.52 bits per heavy atom. The molecule has 1 heterocycles. The van der Waals surface area contributed by atoms with Gasteiger partial charge in [-0.25, -0.2) is 0 Å². The summed E-state index contributed by atoms with van der Waals surface area (Å²) in [5.41, 5.74) is 3.18. The zero-order chi connectivity index (χ0) is 14.7. The number of hydrogen-bond donors (Lipinski definition) is 1. The van der Waals surface area contributed by atoms with Crippen LogP contribution in [0.2, 0.25) is 0 Å². The summed E-state index contributed by atoms with van der Waals surface area (Å²) in [6.45, 7) is 0.297. The summed E-state index contributed by atoms with van der Waals surface area (Å²) in [6, 6.07) is 12.4. The number of aromatic hydroxyl groups is 1. The molecule has 0 fully saturated rings. The molecule has 2 aromatic carbocycles. The highest BCUT2D eigenvalue weighted by Crippen LogP contribution is 2.26. The third-order valence-corrected chi connectivity index (χ3v) is 3.12. The summed E-state index contributed by atoms with van der Waals surface area (Å²) in [6.07, 6.45) is 2.63. The first-order valence-electron chi connectivity index (χ1n) is 6.48. The van der Waals surface area contributed by atoms with Crippen molar-refractivity contribution >= 4 is 12.4 Å². The lowest BCUT2D eigenvalue weighted by atomic mass is 10.1. The van der Waals surface area contributed by atoms with Crippen molar-refractivity contribution in [1.29, 1.82) is 0 Å². The van der Waals surface area contributed by atoms with Crippen LogP contribution in [-0.2, 0) is 4.79 Å². The van der Waals surface area contributed by atoms with Crippen LogP contribution >= 0.6 is 0 Å². The van der Waals surface area contributed by atoms with Crippen molar-refractivity contribution in [3.05, 3.63) is 64.7 Å². The van der Waals surface area contributed by atoms with Crippen molar-refractivity contribution < 1.29 is 14.6 Å². The van der Waals surface area contributed by atoms with E-state index in [2.05, 4.69) is 11.8 Å². The molecule has 3 rings (SSSR count). The molecule has 0 radical (unpaired) electrons. The number of rotatable bonds is 1. The molecule has 0 spiro atoms. The van der Waals surface area contributed by atoms with Gasteiger partial charge in [0.1, 0.15) is 24.4 Å². The molecule has 0 unspecified atom stereocenters. The number of phenols is 1. The SMILES string of the molecule is O=CC1=Cc2ccc(C#Cc3ccc(O)cc3)cc2OC1. The fourth-order valence-corrected chi connectivity index (χ4v) is 2.02. The molecule has 2 aromatic rings. The molecule has 0 bridgehead atoms. The molecule has 0 aromatic heterocycles. The van der Waals surface area contributed by atoms with Gasteiger partial charge >= 0.3 is 0 Å². The molecule has 0 aliphatic carbocycles. The van der Waals surface area contributed by atoms with Gasteiger partial charge in [0.2, 0.25) is 0 Å². The van der Waals surface area contributed by atoms with Gasteiger partial charge in [-0.2, -0.15) is 0 Å². The van der Waals surface area contributed by atoms with E-state index in [9.17, 15) is 9.90 Å². The van der Waals surface area contributed by atoms with Crippen molar-refractivity contribution in [2.45, 2.75) is 0 Å². The minimum absolute atomic E-state index is 0.223. The van der Waals surface area contributed by atoms with E-state index in [4.69, 9.17) is 4.74 Å². The second kappa shape index (κ2) is 5.56. The van der Waals surface area contributed by atoms with Gasteiger partial charge in [-0.3, -0.25) is 4.79 Å². The average molecular weight is 276 g/mol. The number of carbonyl (C=O) groups is 1. The first-order valence-corrected chi connectivity index (χ1v) is 6.48. The standard InChI is InChI=1S/C18H12O3/c19-11-15-9-16-6-3-14(10-18(16)21-12-15)2-1-13-4-7-17(20)8-5-13/h3-11,20H,12H2. The molecule has 3 nitrogen and oxygen atoms in total. The Kier molecular flexibility index (Phi) is 3.44. The molecule has 3 heteroatoms. The van der Waals surface area contributed by atoms with Crippen LogP contribution in [0.5, 0.6) is 11.5 Å². The summed E-state index contributed by atoms with van der Waals surface area (Å²) in [7, 11) is 0. The van der Waals surface area contributed by atoms with Crippen molar-refractivity contribution in [1.82, 2.24) is 0 Å². The third kappa shape index (κ3) is 2.96. The van der Waals surface area contributed by atoms with E-state index in [0.717, 1.165) is 28.7 Å². The van der Waals surface area contributed by atoms with Gasteiger partial charge in [0.05, 0.1) is 0 Å². The number of carbonyl (C=O) groups excluding carboxylic acids is 1. The zero-order valence-electron chi connectivity index (χ0n) is 11.2. The van der Waals surface area contributed by atoms with E-state index in [-0.39, 0.29) is 5.75 Å². The number of hydrogen-bond acceptors (Lipinski definition) is 3. The minimum atomic E-state index is 0.223. The molecule has 1 aliphatic heterocycles. The largest absolute Gasteiger partial charge is 0.508 e.